The number of nitrogens with one attached hydrogen (secondary N) is 1. The smallest absolute Gasteiger partial charge is 0.280 e. The molecule has 1 fully saturated rings. The molecule has 6 rings (SSSR count). The first-order valence-electron chi connectivity index (χ1n) is 12.6. The maximum absolute atomic E-state index is 13.5. The van der Waals surface area contributed by atoms with Crippen LogP contribution in [0.3, 0.4) is 0 Å². The van der Waals surface area contributed by atoms with Crippen LogP contribution in [0.2, 0.25) is 0 Å². The largest absolute Gasteiger partial charge is 0.330 e. The van der Waals surface area contributed by atoms with Gasteiger partial charge in [0.1, 0.15) is 29.5 Å². The SMILES string of the molecule is Cc1cc(C2CC2)ncc1-c1cc2n(CC(=O)Nc3ccc(F)cn3)c3c(c(=O)n2n1)CN(C(C)C)C3=O. The Bertz CT molecular complexity index is 1670. The minimum Gasteiger partial charge on any atom is -0.330 e. The molecule has 2 amide bonds. The molecule has 1 N–H and O–H groups in total. The van der Waals surface area contributed by atoms with Crippen molar-refractivity contribution in [2.24, 2.45) is 0 Å². The Kier molecular flexibility index (Phi) is 5.59. The van der Waals surface area contributed by atoms with Crippen LogP contribution in [-0.4, -0.2) is 46.9 Å². The summed E-state index contributed by atoms with van der Waals surface area (Å²) in [6.07, 6.45) is 5.05. The van der Waals surface area contributed by atoms with Gasteiger partial charge in [-0.3, -0.25) is 19.4 Å². The van der Waals surface area contributed by atoms with Crippen LogP contribution in [0.4, 0.5) is 10.2 Å². The first-order chi connectivity index (χ1) is 18.2. The Labute approximate surface area is 217 Å². The molecule has 0 bridgehead atoms. The molecule has 10 nitrogen and oxygen atoms in total. The number of anilines is 1. The molecule has 2 aliphatic rings. The lowest BCUT2D eigenvalue weighted by Gasteiger charge is -2.20. The van der Waals surface area contributed by atoms with Gasteiger partial charge in [0.15, 0.2) is 0 Å². The maximum atomic E-state index is 13.5. The van der Waals surface area contributed by atoms with Gasteiger partial charge >= 0.3 is 0 Å². The number of nitrogens with zero attached hydrogens (tertiary/aromatic N) is 6. The average molecular weight is 516 g/mol. The molecule has 1 saturated carbocycles. The van der Waals surface area contributed by atoms with E-state index in [0.717, 1.165) is 35.9 Å². The Balaban J connectivity index is 1.46. The highest BCUT2D eigenvalue weighted by molar-refractivity contribution is 5.98. The van der Waals surface area contributed by atoms with Crippen LogP contribution in [0.5, 0.6) is 0 Å². The number of hydrogen-bond donors (Lipinski definition) is 1. The fourth-order valence-electron chi connectivity index (χ4n) is 4.92. The van der Waals surface area contributed by atoms with E-state index in [2.05, 4.69) is 26.4 Å². The van der Waals surface area contributed by atoms with Crippen molar-refractivity contribution in [3.8, 4) is 11.3 Å². The van der Waals surface area contributed by atoms with E-state index < -0.39 is 17.3 Å². The minimum atomic E-state index is -0.524. The number of pyridine rings is 2. The van der Waals surface area contributed by atoms with Gasteiger partial charge in [-0.05, 0) is 57.4 Å². The van der Waals surface area contributed by atoms with E-state index in [-0.39, 0.29) is 42.1 Å². The number of hydrogen-bond acceptors (Lipinski definition) is 6. The van der Waals surface area contributed by atoms with Gasteiger partial charge in [0, 0.05) is 35.5 Å². The standard InChI is InChI=1S/C27H26FN7O3/c1-14(2)33-12-19-25(27(33)38)34(13-23(36)31-22-7-6-17(28)10-30-22)24-9-21(32-35(24)26(19)37)18-11-29-20(8-15(18)3)16-4-5-16/h6-11,14,16H,4-5,12-13H2,1-3H3,(H,30,31,36). The average Bonchev–Trinajstić information content (AvgIpc) is 3.54. The second-order valence-corrected chi connectivity index (χ2v) is 10.2. The van der Waals surface area contributed by atoms with E-state index in [9.17, 15) is 18.8 Å². The monoisotopic (exact) mass is 515 g/mol. The normalized spacial score (nSPS) is 15.0. The number of carbonyl (C=O) groups excluding carboxylic acids is 2. The van der Waals surface area contributed by atoms with Crippen molar-refractivity contribution in [3.63, 3.8) is 0 Å². The molecule has 38 heavy (non-hydrogen) atoms. The highest BCUT2D eigenvalue weighted by Gasteiger charge is 2.36. The molecule has 0 atom stereocenters. The van der Waals surface area contributed by atoms with E-state index in [1.54, 1.807) is 17.2 Å². The molecule has 0 unspecified atom stereocenters. The van der Waals surface area contributed by atoms with Crippen molar-refractivity contribution < 1.29 is 14.0 Å². The van der Waals surface area contributed by atoms with E-state index in [1.165, 1.54) is 21.2 Å². The van der Waals surface area contributed by atoms with Gasteiger partial charge in [-0.25, -0.2) is 9.37 Å². The van der Waals surface area contributed by atoms with Crippen LogP contribution < -0.4 is 10.9 Å². The molecule has 1 aliphatic carbocycles. The topological polar surface area (TPSA) is 114 Å². The number of amides is 2. The molecule has 0 aromatic carbocycles. The van der Waals surface area contributed by atoms with Crippen molar-refractivity contribution in [3.05, 3.63) is 75.3 Å². The summed E-state index contributed by atoms with van der Waals surface area (Å²) < 4.78 is 16.0. The van der Waals surface area contributed by atoms with Gasteiger partial charge < -0.3 is 14.8 Å². The summed E-state index contributed by atoms with van der Waals surface area (Å²) in [4.78, 5) is 50.0. The minimum absolute atomic E-state index is 0.133. The van der Waals surface area contributed by atoms with Gasteiger partial charge in [0.05, 0.1) is 24.0 Å². The van der Waals surface area contributed by atoms with Gasteiger partial charge in [0.2, 0.25) is 5.91 Å². The number of fused-ring (bicyclic) bond motifs is 2. The zero-order valence-corrected chi connectivity index (χ0v) is 21.2. The van der Waals surface area contributed by atoms with Crippen LogP contribution in [0, 0.1) is 12.7 Å². The molecule has 194 valence electrons. The van der Waals surface area contributed by atoms with Crippen LogP contribution in [0.1, 0.15) is 59.9 Å². The predicted octanol–water partition coefficient (Wildman–Crippen LogP) is 3.28. The summed E-state index contributed by atoms with van der Waals surface area (Å²) >= 11 is 0. The quantitative estimate of drug-likeness (QED) is 0.422. The number of carbonyl (C=O) groups is 2. The second-order valence-electron chi connectivity index (χ2n) is 10.2. The van der Waals surface area contributed by atoms with E-state index >= 15 is 0 Å². The Hall–Kier alpha value is -4.41. The lowest BCUT2D eigenvalue weighted by Crippen LogP contribution is -2.32. The molecule has 0 spiro atoms. The van der Waals surface area contributed by atoms with Crippen LogP contribution in [0.15, 0.2) is 41.5 Å². The number of halogens is 1. The highest BCUT2D eigenvalue weighted by atomic mass is 19.1. The maximum Gasteiger partial charge on any atom is 0.280 e. The predicted molar refractivity (Wildman–Crippen MR) is 137 cm³/mol. The third-order valence-electron chi connectivity index (χ3n) is 7.09. The van der Waals surface area contributed by atoms with Crippen LogP contribution >= 0.6 is 0 Å². The van der Waals surface area contributed by atoms with Crippen molar-refractivity contribution in [2.75, 3.05) is 5.32 Å². The molecule has 4 aromatic rings. The summed E-state index contributed by atoms with van der Waals surface area (Å²) in [7, 11) is 0. The molecule has 11 heteroatoms. The molecule has 5 heterocycles. The van der Waals surface area contributed by atoms with Crippen molar-refractivity contribution in [1.82, 2.24) is 29.0 Å². The Morgan fingerprint density at radius 1 is 1.16 bits per heavy atom. The molecule has 1 aliphatic heterocycles. The Morgan fingerprint density at radius 2 is 1.95 bits per heavy atom. The van der Waals surface area contributed by atoms with Crippen molar-refractivity contribution >= 4 is 23.3 Å². The zero-order valence-electron chi connectivity index (χ0n) is 21.2. The van der Waals surface area contributed by atoms with E-state index in [0.29, 0.717) is 17.3 Å². The lowest BCUT2D eigenvalue weighted by molar-refractivity contribution is -0.116. The summed E-state index contributed by atoms with van der Waals surface area (Å²) in [6.45, 7) is 5.58. The van der Waals surface area contributed by atoms with E-state index in [4.69, 9.17) is 0 Å². The van der Waals surface area contributed by atoms with Crippen LogP contribution in [0.25, 0.3) is 16.9 Å². The summed E-state index contributed by atoms with van der Waals surface area (Å²) in [5.74, 6) is -0.652. The molecule has 4 aromatic heterocycles. The Morgan fingerprint density at radius 3 is 2.61 bits per heavy atom. The zero-order chi connectivity index (χ0) is 26.7. The summed E-state index contributed by atoms with van der Waals surface area (Å²) in [6, 6.07) is 6.16. The van der Waals surface area contributed by atoms with Gasteiger partial charge in [-0.15, -0.1) is 0 Å². The fourth-order valence-corrected chi connectivity index (χ4v) is 4.92. The number of rotatable bonds is 6. The van der Waals surface area contributed by atoms with Crippen LogP contribution in [-0.2, 0) is 17.9 Å². The lowest BCUT2D eigenvalue weighted by atomic mass is 10.1. The first kappa shape index (κ1) is 24.0. The molecular weight excluding hydrogens is 489 g/mol. The first-order valence-corrected chi connectivity index (χ1v) is 12.6. The highest BCUT2D eigenvalue weighted by Crippen LogP contribution is 2.40. The van der Waals surface area contributed by atoms with E-state index in [1.807, 2.05) is 20.8 Å². The van der Waals surface area contributed by atoms with Gasteiger partial charge in [-0.1, -0.05) is 0 Å². The van der Waals surface area contributed by atoms with Gasteiger partial charge in [0.25, 0.3) is 11.5 Å². The molecular formula is C27H26FN7O3. The third kappa shape index (κ3) is 4.04. The number of aryl methyl sites for hydroxylation is 1. The number of aromatic nitrogens is 5. The summed E-state index contributed by atoms with van der Waals surface area (Å²) in [5.41, 5.74) is 3.73. The molecule has 0 radical (unpaired) electrons. The third-order valence-corrected chi connectivity index (χ3v) is 7.09. The second kappa shape index (κ2) is 8.86. The summed E-state index contributed by atoms with van der Waals surface area (Å²) in [5, 5.41) is 7.22. The fraction of sp³-hybridized carbons (Fsp3) is 0.333. The molecule has 0 saturated heterocycles. The van der Waals surface area contributed by atoms with Crippen molar-refractivity contribution in [2.45, 2.75) is 58.7 Å². The van der Waals surface area contributed by atoms with Gasteiger partial charge in [-0.2, -0.15) is 9.61 Å². The van der Waals surface area contributed by atoms with Crippen molar-refractivity contribution in [1.29, 1.82) is 0 Å².